The number of hydrogen-bond acceptors (Lipinski definition) is 2. The quantitative estimate of drug-likeness (QED) is 0.879. The largest absolute Gasteiger partial charge is 0.368 e. The average Bonchev–Trinajstić information content (AvgIpc) is 2.84. The number of nitrogens with one attached hydrogen (secondary N) is 1. The molecule has 2 aliphatic heterocycles. The molecule has 0 saturated carbocycles. The van der Waals surface area contributed by atoms with Crippen LogP contribution in [0.4, 0.5) is 5.69 Å². The Hall–Kier alpha value is -1.02. The first-order valence-electron chi connectivity index (χ1n) is 7.45. The number of anilines is 1. The maximum Gasteiger partial charge on any atom is 0.0402 e. The number of hydrogen-bond donors (Lipinski definition) is 1. The van der Waals surface area contributed by atoms with Gasteiger partial charge in [0.2, 0.25) is 0 Å². The van der Waals surface area contributed by atoms with Crippen molar-refractivity contribution < 1.29 is 0 Å². The van der Waals surface area contributed by atoms with Gasteiger partial charge in [0.1, 0.15) is 0 Å². The molecule has 2 aliphatic rings. The van der Waals surface area contributed by atoms with Crippen molar-refractivity contribution in [3.8, 4) is 0 Å². The molecule has 2 heteroatoms. The average molecular weight is 244 g/mol. The zero-order valence-corrected chi connectivity index (χ0v) is 11.4. The Balaban J connectivity index is 1.81. The molecule has 0 spiro atoms. The number of benzene rings is 1. The maximum absolute atomic E-state index is 3.57. The molecule has 0 aliphatic carbocycles. The molecule has 3 rings (SSSR count). The van der Waals surface area contributed by atoms with Gasteiger partial charge in [-0.15, -0.1) is 0 Å². The van der Waals surface area contributed by atoms with Crippen LogP contribution in [-0.2, 0) is 6.42 Å². The molecule has 0 radical (unpaired) electrons. The van der Waals surface area contributed by atoms with Gasteiger partial charge in [0.25, 0.3) is 0 Å². The Kier molecular flexibility index (Phi) is 3.55. The third-order valence-corrected chi connectivity index (χ3v) is 4.55. The molecule has 0 aromatic heterocycles. The van der Waals surface area contributed by atoms with E-state index in [9.17, 15) is 0 Å². The van der Waals surface area contributed by atoms with Crippen LogP contribution in [0.25, 0.3) is 0 Å². The molecule has 2 nitrogen and oxygen atoms in total. The normalized spacial score (nSPS) is 27.3. The molecule has 18 heavy (non-hydrogen) atoms. The van der Waals surface area contributed by atoms with E-state index in [4.69, 9.17) is 0 Å². The topological polar surface area (TPSA) is 15.3 Å². The summed E-state index contributed by atoms with van der Waals surface area (Å²) in [7, 11) is 0. The van der Waals surface area contributed by atoms with Crippen molar-refractivity contribution in [1.82, 2.24) is 5.32 Å². The van der Waals surface area contributed by atoms with E-state index in [2.05, 4.69) is 41.4 Å². The molecule has 2 heterocycles. The second-order valence-corrected chi connectivity index (χ2v) is 5.68. The summed E-state index contributed by atoms with van der Waals surface area (Å²) in [6.07, 6.45) is 5.20. The minimum Gasteiger partial charge on any atom is -0.368 e. The number of piperidine rings is 1. The Morgan fingerprint density at radius 1 is 1.33 bits per heavy atom. The number of fused-ring (bicyclic) bond motifs is 1. The lowest BCUT2D eigenvalue weighted by atomic mass is 9.88. The third-order valence-electron chi connectivity index (χ3n) is 4.55. The van der Waals surface area contributed by atoms with Gasteiger partial charge in [-0.25, -0.2) is 0 Å². The van der Waals surface area contributed by atoms with E-state index in [1.165, 1.54) is 51.0 Å². The molecular formula is C16H24N2. The molecule has 1 saturated heterocycles. The van der Waals surface area contributed by atoms with Gasteiger partial charge < -0.3 is 10.2 Å². The fourth-order valence-electron chi connectivity index (χ4n) is 3.69. The molecular weight excluding hydrogens is 220 g/mol. The lowest BCUT2D eigenvalue weighted by Gasteiger charge is -2.40. The summed E-state index contributed by atoms with van der Waals surface area (Å²) in [5.74, 6) is 0.829. The molecule has 1 aromatic carbocycles. The molecule has 0 bridgehead atoms. The Labute approximate surface area is 110 Å². The smallest absolute Gasteiger partial charge is 0.0402 e. The summed E-state index contributed by atoms with van der Waals surface area (Å²) in [5, 5.41) is 3.57. The van der Waals surface area contributed by atoms with Crippen LogP contribution in [0.5, 0.6) is 0 Å². The zero-order valence-electron chi connectivity index (χ0n) is 11.4. The summed E-state index contributed by atoms with van der Waals surface area (Å²) in [6, 6.07) is 9.73. The van der Waals surface area contributed by atoms with Crippen LogP contribution in [-0.4, -0.2) is 25.7 Å². The summed E-state index contributed by atoms with van der Waals surface area (Å²) in [6.45, 7) is 5.93. The molecule has 1 fully saturated rings. The van der Waals surface area contributed by atoms with E-state index in [1.54, 1.807) is 5.56 Å². The Bertz CT molecular complexity index is 400. The van der Waals surface area contributed by atoms with Crippen molar-refractivity contribution in [2.75, 3.05) is 24.5 Å². The van der Waals surface area contributed by atoms with Gasteiger partial charge in [-0.1, -0.05) is 31.5 Å². The fraction of sp³-hybridized carbons (Fsp3) is 0.625. The standard InChI is InChI=1S/C16H24N2/c1-2-5-14-12-17-10-8-16(14)18-11-9-13-6-3-4-7-15(13)18/h3-4,6-7,14,16-17H,2,5,8-12H2,1H3. The highest BCUT2D eigenvalue weighted by atomic mass is 15.2. The molecule has 0 amide bonds. The second-order valence-electron chi connectivity index (χ2n) is 5.68. The van der Waals surface area contributed by atoms with Crippen LogP contribution in [0.15, 0.2) is 24.3 Å². The van der Waals surface area contributed by atoms with Crippen molar-refractivity contribution in [3.63, 3.8) is 0 Å². The maximum atomic E-state index is 3.57. The van der Waals surface area contributed by atoms with E-state index in [0.717, 1.165) is 12.0 Å². The molecule has 1 N–H and O–H groups in total. The van der Waals surface area contributed by atoms with E-state index >= 15 is 0 Å². The van der Waals surface area contributed by atoms with E-state index in [-0.39, 0.29) is 0 Å². The summed E-state index contributed by atoms with van der Waals surface area (Å²) in [5.41, 5.74) is 3.05. The predicted molar refractivity (Wildman–Crippen MR) is 77.2 cm³/mol. The highest BCUT2D eigenvalue weighted by molar-refractivity contribution is 5.58. The van der Waals surface area contributed by atoms with Crippen molar-refractivity contribution in [2.24, 2.45) is 5.92 Å². The SMILES string of the molecule is CCCC1CNCCC1N1CCc2ccccc21. The van der Waals surface area contributed by atoms with Crippen LogP contribution >= 0.6 is 0 Å². The van der Waals surface area contributed by atoms with E-state index in [0.29, 0.717) is 0 Å². The first kappa shape index (κ1) is 12.0. The highest BCUT2D eigenvalue weighted by Crippen LogP contribution is 2.34. The van der Waals surface area contributed by atoms with Gasteiger partial charge in [0.15, 0.2) is 0 Å². The van der Waals surface area contributed by atoms with Gasteiger partial charge in [-0.2, -0.15) is 0 Å². The number of nitrogens with zero attached hydrogens (tertiary/aromatic N) is 1. The van der Waals surface area contributed by atoms with Gasteiger partial charge in [-0.05, 0) is 49.9 Å². The minimum absolute atomic E-state index is 0.759. The Morgan fingerprint density at radius 3 is 3.11 bits per heavy atom. The lowest BCUT2D eigenvalue weighted by molar-refractivity contribution is 0.295. The van der Waals surface area contributed by atoms with Crippen molar-refractivity contribution in [1.29, 1.82) is 0 Å². The molecule has 98 valence electrons. The fourth-order valence-corrected chi connectivity index (χ4v) is 3.69. The van der Waals surface area contributed by atoms with E-state index in [1.807, 2.05) is 0 Å². The van der Waals surface area contributed by atoms with Crippen molar-refractivity contribution in [2.45, 2.75) is 38.6 Å². The van der Waals surface area contributed by atoms with Crippen LogP contribution in [0.1, 0.15) is 31.7 Å². The monoisotopic (exact) mass is 244 g/mol. The predicted octanol–water partition coefficient (Wildman–Crippen LogP) is 2.83. The first-order valence-corrected chi connectivity index (χ1v) is 7.45. The van der Waals surface area contributed by atoms with Crippen LogP contribution in [0.2, 0.25) is 0 Å². The van der Waals surface area contributed by atoms with E-state index < -0.39 is 0 Å². The first-order chi connectivity index (χ1) is 8.90. The minimum atomic E-state index is 0.759. The number of para-hydroxylation sites is 1. The van der Waals surface area contributed by atoms with Gasteiger partial charge >= 0.3 is 0 Å². The number of rotatable bonds is 3. The lowest BCUT2D eigenvalue weighted by Crippen LogP contribution is -2.49. The van der Waals surface area contributed by atoms with Gasteiger partial charge in [0.05, 0.1) is 0 Å². The van der Waals surface area contributed by atoms with Crippen molar-refractivity contribution in [3.05, 3.63) is 29.8 Å². The zero-order chi connectivity index (χ0) is 12.4. The van der Waals surface area contributed by atoms with Crippen LogP contribution in [0, 0.1) is 5.92 Å². The second kappa shape index (κ2) is 5.31. The Morgan fingerprint density at radius 2 is 2.22 bits per heavy atom. The van der Waals surface area contributed by atoms with Crippen molar-refractivity contribution >= 4 is 5.69 Å². The molecule has 2 atom stereocenters. The third kappa shape index (κ3) is 2.14. The summed E-state index contributed by atoms with van der Waals surface area (Å²) < 4.78 is 0. The summed E-state index contributed by atoms with van der Waals surface area (Å²) in [4.78, 5) is 2.69. The van der Waals surface area contributed by atoms with Crippen LogP contribution < -0.4 is 10.2 Å². The van der Waals surface area contributed by atoms with Gasteiger partial charge in [0, 0.05) is 18.3 Å². The van der Waals surface area contributed by atoms with Crippen LogP contribution in [0.3, 0.4) is 0 Å². The highest BCUT2D eigenvalue weighted by Gasteiger charge is 2.32. The molecule has 2 unspecified atom stereocenters. The summed E-state index contributed by atoms with van der Waals surface area (Å²) >= 11 is 0. The molecule has 1 aromatic rings. The van der Waals surface area contributed by atoms with Gasteiger partial charge in [-0.3, -0.25) is 0 Å².